The van der Waals surface area contributed by atoms with Crippen LogP contribution in [-0.4, -0.2) is 31.9 Å². The lowest BCUT2D eigenvalue weighted by molar-refractivity contribution is 0.259. The summed E-state index contributed by atoms with van der Waals surface area (Å²) in [6, 6.07) is 0. The van der Waals surface area contributed by atoms with E-state index in [1.807, 2.05) is 0 Å². The summed E-state index contributed by atoms with van der Waals surface area (Å²) >= 11 is 0. The van der Waals surface area contributed by atoms with Crippen LogP contribution in [0.5, 0.6) is 0 Å². The van der Waals surface area contributed by atoms with Gasteiger partial charge in [0, 0.05) is 13.2 Å². The van der Waals surface area contributed by atoms with Gasteiger partial charge in [-0.15, -0.1) is 0 Å². The molecule has 56 valence electrons. The van der Waals surface area contributed by atoms with Gasteiger partial charge in [0.2, 0.25) is 0 Å². The van der Waals surface area contributed by atoms with E-state index in [0.717, 1.165) is 19.3 Å². The van der Waals surface area contributed by atoms with Crippen LogP contribution in [0.3, 0.4) is 0 Å². The fourth-order valence-corrected chi connectivity index (χ4v) is 0.625. The summed E-state index contributed by atoms with van der Waals surface area (Å²) in [5.74, 6) is -0.482. The molecule has 3 nitrogen and oxygen atoms in total. The summed E-state index contributed by atoms with van der Waals surface area (Å²) in [5, 5.41) is 10.8. The molecule has 0 bridgehead atoms. The van der Waals surface area contributed by atoms with Crippen molar-refractivity contribution in [2.24, 2.45) is 0 Å². The highest BCUT2D eigenvalue weighted by Gasteiger charge is 1.89. The SMILES string of the molecule is [B]C(=O)NCCCCCO. The summed E-state index contributed by atoms with van der Waals surface area (Å²) in [5.41, 5.74) is 0. The monoisotopic (exact) mass is 141 g/mol. The van der Waals surface area contributed by atoms with Crippen molar-refractivity contribution < 1.29 is 9.90 Å². The molecule has 0 rings (SSSR count). The van der Waals surface area contributed by atoms with Gasteiger partial charge in [-0.2, -0.15) is 0 Å². The minimum atomic E-state index is -0.482. The fraction of sp³-hybridized carbons (Fsp3) is 0.833. The van der Waals surface area contributed by atoms with Crippen LogP contribution in [-0.2, 0) is 0 Å². The van der Waals surface area contributed by atoms with Crippen LogP contribution in [0.2, 0.25) is 0 Å². The van der Waals surface area contributed by atoms with Gasteiger partial charge in [0.25, 0.3) is 0 Å². The van der Waals surface area contributed by atoms with Gasteiger partial charge < -0.3 is 10.4 Å². The summed E-state index contributed by atoms with van der Waals surface area (Å²) < 4.78 is 0. The van der Waals surface area contributed by atoms with E-state index in [2.05, 4.69) is 5.32 Å². The molecule has 0 saturated heterocycles. The number of unbranched alkanes of at least 4 members (excludes halogenated alkanes) is 2. The fourth-order valence-electron chi connectivity index (χ4n) is 0.625. The van der Waals surface area contributed by atoms with Crippen LogP contribution in [0.4, 0.5) is 4.79 Å². The number of carbonyl (C=O) groups excluding carboxylic acids is 1. The molecule has 0 heterocycles. The first-order valence-corrected chi connectivity index (χ1v) is 3.41. The molecule has 0 aromatic carbocycles. The first-order chi connectivity index (χ1) is 4.77. The lowest BCUT2D eigenvalue weighted by Crippen LogP contribution is -2.22. The molecule has 0 unspecified atom stereocenters. The minimum absolute atomic E-state index is 0.219. The number of aliphatic hydroxyl groups excluding tert-OH is 1. The van der Waals surface area contributed by atoms with E-state index in [0.29, 0.717) is 6.54 Å². The zero-order valence-electron chi connectivity index (χ0n) is 5.97. The maximum Gasteiger partial charge on any atom is 0.200 e. The van der Waals surface area contributed by atoms with E-state index in [-0.39, 0.29) is 6.61 Å². The normalized spacial score (nSPS) is 9.30. The summed E-state index contributed by atoms with van der Waals surface area (Å²) in [7, 11) is 4.81. The Morgan fingerprint density at radius 3 is 2.60 bits per heavy atom. The second kappa shape index (κ2) is 6.61. The van der Waals surface area contributed by atoms with E-state index < -0.39 is 5.81 Å². The van der Waals surface area contributed by atoms with Gasteiger partial charge in [-0.3, -0.25) is 4.79 Å². The smallest absolute Gasteiger partial charge is 0.200 e. The topological polar surface area (TPSA) is 49.3 Å². The van der Waals surface area contributed by atoms with Gasteiger partial charge in [-0.05, 0) is 19.3 Å². The Labute approximate surface area is 62.2 Å². The van der Waals surface area contributed by atoms with E-state index >= 15 is 0 Å². The lowest BCUT2D eigenvalue weighted by atomic mass is 10.1. The Balaban J connectivity index is 2.84. The maximum atomic E-state index is 10.1. The van der Waals surface area contributed by atoms with Crippen molar-refractivity contribution in [3.05, 3.63) is 0 Å². The van der Waals surface area contributed by atoms with Crippen molar-refractivity contribution >= 4 is 13.7 Å². The molecule has 0 saturated carbocycles. The number of nitrogens with one attached hydrogen (secondary N) is 1. The number of hydrogen-bond acceptors (Lipinski definition) is 2. The molecule has 0 aromatic rings. The summed E-state index contributed by atoms with van der Waals surface area (Å²) in [6.07, 6.45) is 2.60. The van der Waals surface area contributed by atoms with Crippen LogP contribution < -0.4 is 5.32 Å². The molecule has 0 aliphatic heterocycles. The third-order valence-electron chi connectivity index (χ3n) is 1.13. The maximum absolute atomic E-state index is 10.1. The van der Waals surface area contributed by atoms with E-state index in [1.165, 1.54) is 0 Å². The van der Waals surface area contributed by atoms with E-state index in [9.17, 15) is 4.79 Å². The average molecular weight is 141 g/mol. The predicted molar refractivity (Wildman–Crippen MR) is 40.1 cm³/mol. The molecule has 0 fully saturated rings. The van der Waals surface area contributed by atoms with Crippen LogP contribution in [0.25, 0.3) is 0 Å². The van der Waals surface area contributed by atoms with Crippen LogP contribution in [0, 0.1) is 0 Å². The molecule has 2 N–H and O–H groups in total. The predicted octanol–water partition coefficient (Wildman–Crippen LogP) is 0.0271. The number of carbonyl (C=O) groups is 1. The van der Waals surface area contributed by atoms with Gasteiger partial charge in [-0.25, -0.2) is 0 Å². The zero-order chi connectivity index (χ0) is 7.82. The van der Waals surface area contributed by atoms with Crippen LogP contribution >= 0.6 is 0 Å². The number of hydrogen-bond donors (Lipinski definition) is 2. The average Bonchev–Trinajstić information content (AvgIpc) is 1.87. The molecule has 1 amide bonds. The molecule has 0 aliphatic rings. The molecule has 0 aromatic heterocycles. The van der Waals surface area contributed by atoms with Gasteiger partial charge >= 0.3 is 0 Å². The molecule has 0 spiro atoms. The Hall–Kier alpha value is -0.505. The van der Waals surface area contributed by atoms with Crippen LogP contribution in [0.15, 0.2) is 0 Å². The van der Waals surface area contributed by atoms with Crippen molar-refractivity contribution in [2.45, 2.75) is 19.3 Å². The van der Waals surface area contributed by atoms with Crippen molar-refractivity contribution in [2.75, 3.05) is 13.2 Å². The van der Waals surface area contributed by atoms with Crippen molar-refractivity contribution in [3.63, 3.8) is 0 Å². The largest absolute Gasteiger partial charge is 0.396 e. The van der Waals surface area contributed by atoms with E-state index in [1.54, 1.807) is 0 Å². The van der Waals surface area contributed by atoms with Gasteiger partial charge in [-0.1, -0.05) is 0 Å². The second-order valence-corrected chi connectivity index (χ2v) is 2.08. The highest BCUT2D eigenvalue weighted by Crippen LogP contribution is 1.91. The summed E-state index contributed by atoms with van der Waals surface area (Å²) in [6.45, 7) is 0.825. The summed E-state index contributed by atoms with van der Waals surface area (Å²) in [4.78, 5) is 10.1. The number of amides is 1. The first kappa shape index (κ1) is 9.49. The molecular weight excluding hydrogens is 129 g/mol. The van der Waals surface area contributed by atoms with Crippen molar-refractivity contribution in [3.8, 4) is 0 Å². The Morgan fingerprint density at radius 1 is 1.40 bits per heavy atom. The number of aliphatic hydroxyl groups is 1. The first-order valence-electron chi connectivity index (χ1n) is 3.41. The van der Waals surface area contributed by atoms with Crippen molar-refractivity contribution in [1.29, 1.82) is 0 Å². The minimum Gasteiger partial charge on any atom is -0.396 e. The zero-order valence-corrected chi connectivity index (χ0v) is 5.97. The van der Waals surface area contributed by atoms with Gasteiger partial charge in [0.05, 0.1) is 0 Å². The Bertz CT molecular complexity index is 97.7. The third kappa shape index (κ3) is 7.49. The molecule has 0 aliphatic carbocycles. The molecule has 2 radical (unpaired) electrons. The quantitative estimate of drug-likeness (QED) is 0.419. The molecular formula is C6H12BNO2. The highest BCUT2D eigenvalue weighted by molar-refractivity contribution is 6.57. The third-order valence-corrected chi connectivity index (χ3v) is 1.13. The van der Waals surface area contributed by atoms with Crippen LogP contribution in [0.1, 0.15) is 19.3 Å². The van der Waals surface area contributed by atoms with E-state index in [4.69, 9.17) is 13.0 Å². The molecule has 10 heavy (non-hydrogen) atoms. The molecule has 4 heteroatoms. The highest BCUT2D eigenvalue weighted by atomic mass is 16.2. The van der Waals surface area contributed by atoms with Crippen molar-refractivity contribution in [1.82, 2.24) is 5.32 Å². The standard InChI is InChI=1S/C6H12BNO2/c7-6(10)8-4-2-1-3-5-9/h9H,1-5H2,(H,8,10). The van der Waals surface area contributed by atoms with Gasteiger partial charge in [0.15, 0.2) is 13.7 Å². The molecule has 0 atom stereocenters. The number of rotatable bonds is 5. The van der Waals surface area contributed by atoms with Gasteiger partial charge in [0.1, 0.15) is 0 Å². The lowest BCUT2D eigenvalue weighted by Gasteiger charge is -1.99. The second-order valence-electron chi connectivity index (χ2n) is 2.08. The Kier molecular flexibility index (Phi) is 6.28. The Morgan fingerprint density at radius 2 is 2.10 bits per heavy atom.